The summed E-state index contributed by atoms with van der Waals surface area (Å²) in [6, 6.07) is 1.89. The number of carboxylic acid groups (broad SMARTS) is 1. The highest BCUT2D eigenvalue weighted by atomic mass is 16.5. The van der Waals surface area contributed by atoms with Crippen LogP contribution < -0.4 is 4.74 Å². The molecule has 0 bridgehead atoms. The van der Waals surface area contributed by atoms with E-state index in [4.69, 9.17) is 9.84 Å². The third-order valence-electron chi connectivity index (χ3n) is 2.32. The van der Waals surface area contributed by atoms with Crippen LogP contribution in [-0.2, 0) is 6.54 Å². The molecular weight excluding hydrogens is 234 g/mol. The Morgan fingerprint density at radius 2 is 2.28 bits per heavy atom. The Balaban J connectivity index is 1.86. The molecule has 0 radical (unpaired) electrons. The van der Waals surface area contributed by atoms with Gasteiger partial charge in [0.15, 0.2) is 0 Å². The third-order valence-corrected chi connectivity index (χ3v) is 2.32. The molecule has 0 aromatic carbocycles. The first-order chi connectivity index (χ1) is 8.65. The summed E-state index contributed by atoms with van der Waals surface area (Å²) < 4.78 is 7.02. The van der Waals surface area contributed by atoms with Crippen molar-refractivity contribution in [1.82, 2.24) is 14.8 Å². The van der Waals surface area contributed by atoms with Crippen molar-refractivity contribution in [2.24, 2.45) is 0 Å². The maximum Gasteiger partial charge on any atom is 0.338 e. The largest absolute Gasteiger partial charge is 0.490 e. The van der Waals surface area contributed by atoms with Gasteiger partial charge in [0, 0.05) is 12.4 Å². The van der Waals surface area contributed by atoms with Crippen LogP contribution in [0.3, 0.4) is 0 Å². The number of nitrogens with zero attached hydrogens (tertiary/aromatic N) is 3. The van der Waals surface area contributed by atoms with Crippen LogP contribution in [-0.4, -0.2) is 32.4 Å². The molecule has 2 aromatic rings. The number of aromatic nitrogens is 3. The lowest BCUT2D eigenvalue weighted by Crippen LogP contribution is -2.08. The molecule has 0 aliphatic rings. The molecule has 2 aromatic heterocycles. The fourth-order valence-corrected chi connectivity index (χ4v) is 1.46. The van der Waals surface area contributed by atoms with E-state index in [1.165, 1.54) is 17.1 Å². The summed E-state index contributed by atoms with van der Waals surface area (Å²) in [4.78, 5) is 14.7. The maximum absolute atomic E-state index is 10.7. The zero-order chi connectivity index (χ0) is 13.0. The number of carbonyl (C=O) groups is 1. The second-order valence-electron chi connectivity index (χ2n) is 3.84. The van der Waals surface area contributed by atoms with Gasteiger partial charge in [0.1, 0.15) is 12.4 Å². The first-order valence-electron chi connectivity index (χ1n) is 5.45. The molecule has 1 N–H and O–H groups in total. The Morgan fingerprint density at radius 3 is 2.94 bits per heavy atom. The molecule has 2 heterocycles. The van der Waals surface area contributed by atoms with Crippen LogP contribution in [0.5, 0.6) is 5.75 Å². The fraction of sp³-hybridized carbons (Fsp3) is 0.250. The van der Waals surface area contributed by atoms with Gasteiger partial charge in [0.05, 0.1) is 24.5 Å². The van der Waals surface area contributed by atoms with E-state index in [0.717, 1.165) is 5.56 Å². The molecule has 94 valence electrons. The van der Waals surface area contributed by atoms with Gasteiger partial charge in [-0.1, -0.05) is 0 Å². The van der Waals surface area contributed by atoms with Crippen LogP contribution in [0, 0.1) is 6.92 Å². The molecule has 6 heteroatoms. The summed E-state index contributed by atoms with van der Waals surface area (Å²) in [6.07, 6.45) is 6.18. The lowest BCUT2D eigenvalue weighted by atomic mass is 10.3. The lowest BCUT2D eigenvalue weighted by molar-refractivity contribution is 0.0696. The Morgan fingerprint density at radius 1 is 1.44 bits per heavy atom. The van der Waals surface area contributed by atoms with Crippen molar-refractivity contribution in [1.29, 1.82) is 0 Å². The lowest BCUT2D eigenvalue weighted by Gasteiger charge is -2.06. The minimum absolute atomic E-state index is 0.173. The van der Waals surface area contributed by atoms with Gasteiger partial charge < -0.3 is 9.84 Å². The van der Waals surface area contributed by atoms with Crippen molar-refractivity contribution in [2.75, 3.05) is 6.61 Å². The van der Waals surface area contributed by atoms with Crippen LogP contribution in [0.2, 0.25) is 0 Å². The van der Waals surface area contributed by atoms with E-state index in [1.54, 1.807) is 12.4 Å². The first-order valence-corrected chi connectivity index (χ1v) is 5.45. The van der Waals surface area contributed by atoms with Gasteiger partial charge in [-0.15, -0.1) is 0 Å². The molecule has 0 atom stereocenters. The minimum atomic E-state index is -0.981. The maximum atomic E-state index is 10.7. The Kier molecular flexibility index (Phi) is 3.57. The van der Waals surface area contributed by atoms with E-state index in [0.29, 0.717) is 18.9 Å². The predicted octanol–water partition coefficient (Wildman–Crippen LogP) is 1.36. The highest BCUT2D eigenvalue weighted by Crippen LogP contribution is 2.10. The average molecular weight is 247 g/mol. The number of carboxylic acids is 1. The van der Waals surface area contributed by atoms with E-state index in [-0.39, 0.29) is 5.56 Å². The van der Waals surface area contributed by atoms with Gasteiger partial charge in [-0.05, 0) is 18.6 Å². The third kappa shape index (κ3) is 3.07. The Hall–Kier alpha value is -2.37. The molecule has 0 saturated heterocycles. The van der Waals surface area contributed by atoms with Gasteiger partial charge in [-0.25, -0.2) is 4.79 Å². The summed E-state index contributed by atoms with van der Waals surface area (Å²) in [6.45, 7) is 2.83. The van der Waals surface area contributed by atoms with Crippen LogP contribution in [0.1, 0.15) is 15.9 Å². The van der Waals surface area contributed by atoms with Gasteiger partial charge in [-0.2, -0.15) is 5.10 Å². The molecule has 0 fully saturated rings. The molecule has 18 heavy (non-hydrogen) atoms. The predicted molar refractivity (Wildman–Crippen MR) is 63.7 cm³/mol. The van der Waals surface area contributed by atoms with Crippen LogP contribution in [0.4, 0.5) is 0 Å². The Labute approximate surface area is 104 Å². The number of hydrogen-bond donors (Lipinski definition) is 1. The SMILES string of the molecule is Cc1cncc(OCCn2cc(C(=O)O)cn2)c1. The van der Waals surface area contributed by atoms with Gasteiger partial charge in [-0.3, -0.25) is 9.67 Å². The van der Waals surface area contributed by atoms with E-state index >= 15 is 0 Å². The molecule has 0 unspecified atom stereocenters. The topological polar surface area (TPSA) is 77.2 Å². The number of pyridine rings is 1. The molecule has 0 spiro atoms. The molecule has 0 saturated carbocycles. The number of ether oxygens (including phenoxy) is 1. The second kappa shape index (κ2) is 5.31. The number of aryl methyl sites for hydroxylation is 1. The van der Waals surface area contributed by atoms with E-state index < -0.39 is 5.97 Å². The molecular formula is C12H13N3O3. The molecule has 0 aliphatic carbocycles. The smallest absolute Gasteiger partial charge is 0.338 e. The minimum Gasteiger partial charge on any atom is -0.490 e. The van der Waals surface area contributed by atoms with Crippen molar-refractivity contribution < 1.29 is 14.6 Å². The normalized spacial score (nSPS) is 10.3. The molecule has 0 aliphatic heterocycles. The van der Waals surface area contributed by atoms with Crippen LogP contribution in [0.15, 0.2) is 30.9 Å². The van der Waals surface area contributed by atoms with Crippen LogP contribution in [0.25, 0.3) is 0 Å². The molecule has 2 rings (SSSR count). The number of hydrogen-bond acceptors (Lipinski definition) is 4. The molecule has 0 amide bonds. The van der Waals surface area contributed by atoms with Crippen molar-refractivity contribution in [3.8, 4) is 5.75 Å². The highest BCUT2D eigenvalue weighted by Gasteiger charge is 2.05. The van der Waals surface area contributed by atoms with E-state index in [9.17, 15) is 4.79 Å². The average Bonchev–Trinajstić information content (AvgIpc) is 2.78. The standard InChI is InChI=1S/C12H13N3O3/c1-9-4-11(7-13-5-9)18-3-2-15-8-10(6-14-15)12(16)17/h4-8H,2-3H2,1H3,(H,16,17). The quantitative estimate of drug-likeness (QED) is 0.863. The number of aromatic carboxylic acids is 1. The summed E-state index contributed by atoms with van der Waals surface area (Å²) in [7, 11) is 0. The zero-order valence-corrected chi connectivity index (χ0v) is 9.91. The summed E-state index contributed by atoms with van der Waals surface area (Å²) in [5.41, 5.74) is 1.20. The van der Waals surface area contributed by atoms with Gasteiger partial charge >= 0.3 is 5.97 Å². The first kappa shape index (κ1) is 12.1. The summed E-state index contributed by atoms with van der Waals surface area (Å²) in [5, 5.41) is 12.7. The van der Waals surface area contributed by atoms with Gasteiger partial charge in [0.25, 0.3) is 0 Å². The fourth-order valence-electron chi connectivity index (χ4n) is 1.46. The van der Waals surface area contributed by atoms with E-state index in [1.807, 2.05) is 13.0 Å². The zero-order valence-electron chi connectivity index (χ0n) is 9.91. The number of rotatable bonds is 5. The van der Waals surface area contributed by atoms with Gasteiger partial charge in [0.2, 0.25) is 0 Å². The van der Waals surface area contributed by atoms with Crippen molar-refractivity contribution >= 4 is 5.97 Å². The van der Waals surface area contributed by atoms with Crippen molar-refractivity contribution in [3.05, 3.63) is 42.0 Å². The van der Waals surface area contributed by atoms with Crippen molar-refractivity contribution in [3.63, 3.8) is 0 Å². The summed E-state index contributed by atoms with van der Waals surface area (Å²) in [5.74, 6) is -0.286. The highest BCUT2D eigenvalue weighted by molar-refractivity contribution is 5.86. The van der Waals surface area contributed by atoms with E-state index in [2.05, 4.69) is 10.1 Å². The Bertz CT molecular complexity index is 551. The second-order valence-corrected chi connectivity index (χ2v) is 3.84. The summed E-state index contributed by atoms with van der Waals surface area (Å²) >= 11 is 0. The van der Waals surface area contributed by atoms with Crippen molar-refractivity contribution in [2.45, 2.75) is 13.5 Å². The monoisotopic (exact) mass is 247 g/mol. The van der Waals surface area contributed by atoms with Crippen LogP contribution >= 0.6 is 0 Å². The molecule has 6 nitrogen and oxygen atoms in total.